The van der Waals surface area contributed by atoms with Crippen LogP contribution in [0.5, 0.6) is 5.88 Å². The van der Waals surface area contributed by atoms with Gasteiger partial charge in [-0.25, -0.2) is 24.5 Å². The molecule has 148 valence electrons. The summed E-state index contributed by atoms with van der Waals surface area (Å²) in [5.41, 5.74) is 0.991. The molecule has 0 aliphatic heterocycles. The molecular weight excluding hydrogens is 394 g/mol. The minimum Gasteiger partial charge on any atom is -0.476 e. The van der Waals surface area contributed by atoms with Gasteiger partial charge in [0.1, 0.15) is 0 Å². The van der Waals surface area contributed by atoms with Crippen molar-refractivity contribution in [3.05, 3.63) is 69.7 Å². The Kier molecular flexibility index (Phi) is 4.47. The molecule has 0 amide bonds. The largest absolute Gasteiger partial charge is 0.476 e. The maximum absolute atomic E-state index is 12.5. The molecule has 30 heavy (non-hydrogen) atoms. The van der Waals surface area contributed by atoms with Crippen LogP contribution in [0, 0.1) is 17.0 Å². The van der Waals surface area contributed by atoms with Crippen molar-refractivity contribution in [2.75, 3.05) is 0 Å². The molecule has 2 aromatic heterocycles. The van der Waals surface area contributed by atoms with Crippen molar-refractivity contribution < 1.29 is 24.4 Å². The number of aromatic nitrogens is 4. The number of carbonyl (C=O) groups is 2. The van der Waals surface area contributed by atoms with Gasteiger partial charge >= 0.3 is 11.9 Å². The second-order valence-corrected chi connectivity index (χ2v) is 6.25. The molecule has 1 N–H and O–H groups in total. The SMILES string of the molecule is Cc1ccc2ncc(C(=O)Oc3nc4cc([N+](=O)[O-])ccc4nc3C(=O)O)nc2c1. The number of non-ortho nitro benzene ring substituents is 1. The Bertz CT molecular complexity index is 1370. The topological polar surface area (TPSA) is 158 Å². The van der Waals surface area contributed by atoms with Crippen LogP contribution in [0.25, 0.3) is 22.1 Å². The molecule has 11 nitrogen and oxygen atoms in total. The van der Waals surface area contributed by atoms with Gasteiger partial charge in [0.2, 0.25) is 5.69 Å². The van der Waals surface area contributed by atoms with Crippen LogP contribution in [0.4, 0.5) is 5.69 Å². The molecule has 0 spiro atoms. The third kappa shape index (κ3) is 3.46. The molecule has 0 aliphatic carbocycles. The summed E-state index contributed by atoms with van der Waals surface area (Å²) in [5, 5.41) is 20.4. The molecule has 0 bridgehead atoms. The molecule has 4 aromatic rings. The normalized spacial score (nSPS) is 10.8. The first kappa shape index (κ1) is 18.8. The van der Waals surface area contributed by atoms with Crippen LogP contribution >= 0.6 is 0 Å². The van der Waals surface area contributed by atoms with Crippen molar-refractivity contribution >= 4 is 39.7 Å². The maximum Gasteiger partial charge on any atom is 0.365 e. The molecule has 2 heterocycles. The summed E-state index contributed by atoms with van der Waals surface area (Å²) in [6.45, 7) is 1.86. The van der Waals surface area contributed by atoms with Gasteiger partial charge in [0.15, 0.2) is 5.69 Å². The number of nitrogens with zero attached hydrogens (tertiary/aromatic N) is 5. The van der Waals surface area contributed by atoms with E-state index in [1.165, 1.54) is 18.3 Å². The van der Waals surface area contributed by atoms with Crippen molar-refractivity contribution in [2.45, 2.75) is 6.92 Å². The summed E-state index contributed by atoms with van der Waals surface area (Å²) >= 11 is 0. The zero-order valence-corrected chi connectivity index (χ0v) is 15.3. The molecule has 0 saturated carbocycles. The lowest BCUT2D eigenvalue weighted by Gasteiger charge is -2.07. The number of hydrogen-bond acceptors (Lipinski definition) is 9. The number of carboxylic acid groups (broad SMARTS) is 1. The van der Waals surface area contributed by atoms with Gasteiger partial charge < -0.3 is 9.84 Å². The Morgan fingerprint density at radius 2 is 1.73 bits per heavy atom. The van der Waals surface area contributed by atoms with Gasteiger partial charge in [-0.2, -0.15) is 0 Å². The van der Waals surface area contributed by atoms with E-state index in [1.807, 2.05) is 13.0 Å². The van der Waals surface area contributed by atoms with Gasteiger partial charge in [-0.05, 0) is 30.7 Å². The number of carboxylic acids is 1. The Morgan fingerprint density at radius 3 is 2.47 bits per heavy atom. The van der Waals surface area contributed by atoms with E-state index in [9.17, 15) is 24.8 Å². The first-order valence-corrected chi connectivity index (χ1v) is 8.47. The Labute approximate surface area is 167 Å². The highest BCUT2D eigenvalue weighted by Crippen LogP contribution is 2.24. The number of rotatable bonds is 4. The van der Waals surface area contributed by atoms with Crippen LogP contribution in [0.1, 0.15) is 26.5 Å². The fourth-order valence-corrected chi connectivity index (χ4v) is 2.71. The molecule has 0 fully saturated rings. The van der Waals surface area contributed by atoms with E-state index >= 15 is 0 Å². The zero-order valence-electron chi connectivity index (χ0n) is 15.3. The average Bonchev–Trinajstić information content (AvgIpc) is 2.71. The van der Waals surface area contributed by atoms with Crippen molar-refractivity contribution in [1.29, 1.82) is 0 Å². The van der Waals surface area contributed by atoms with Crippen LogP contribution < -0.4 is 4.74 Å². The molecule has 2 aromatic carbocycles. The van der Waals surface area contributed by atoms with Crippen LogP contribution in [-0.4, -0.2) is 41.9 Å². The summed E-state index contributed by atoms with van der Waals surface area (Å²) in [5.74, 6) is -3.08. The van der Waals surface area contributed by atoms with Crippen molar-refractivity contribution in [2.24, 2.45) is 0 Å². The third-order valence-electron chi connectivity index (χ3n) is 4.13. The Morgan fingerprint density at radius 1 is 1.00 bits per heavy atom. The highest BCUT2D eigenvalue weighted by molar-refractivity contribution is 5.95. The predicted octanol–water partition coefficient (Wildman–Crippen LogP) is 2.71. The quantitative estimate of drug-likeness (QED) is 0.304. The van der Waals surface area contributed by atoms with Crippen LogP contribution in [-0.2, 0) is 0 Å². The fourth-order valence-electron chi connectivity index (χ4n) is 2.71. The van der Waals surface area contributed by atoms with Crippen molar-refractivity contribution in [3.63, 3.8) is 0 Å². The van der Waals surface area contributed by atoms with Crippen LogP contribution in [0.3, 0.4) is 0 Å². The van der Waals surface area contributed by atoms with Crippen molar-refractivity contribution in [3.8, 4) is 5.88 Å². The Hall–Kier alpha value is -4.54. The predicted molar refractivity (Wildman–Crippen MR) is 102 cm³/mol. The number of nitro benzene ring substituents is 1. The highest BCUT2D eigenvalue weighted by atomic mass is 16.6. The number of ether oxygens (including phenoxy) is 1. The number of aryl methyl sites for hydroxylation is 1. The number of esters is 1. The lowest BCUT2D eigenvalue weighted by molar-refractivity contribution is -0.384. The van der Waals surface area contributed by atoms with Gasteiger partial charge in [0.25, 0.3) is 11.6 Å². The molecule has 0 radical (unpaired) electrons. The smallest absolute Gasteiger partial charge is 0.365 e. The Balaban J connectivity index is 1.75. The van der Waals surface area contributed by atoms with E-state index < -0.39 is 28.4 Å². The molecule has 0 saturated heterocycles. The van der Waals surface area contributed by atoms with Crippen LogP contribution in [0.15, 0.2) is 42.6 Å². The minimum absolute atomic E-state index is 0.00257. The first-order valence-electron chi connectivity index (χ1n) is 8.47. The van der Waals surface area contributed by atoms with E-state index in [2.05, 4.69) is 19.9 Å². The number of aromatic carboxylic acids is 1. The van der Waals surface area contributed by atoms with Crippen LogP contribution in [0.2, 0.25) is 0 Å². The monoisotopic (exact) mass is 405 g/mol. The maximum atomic E-state index is 12.5. The van der Waals surface area contributed by atoms with Gasteiger partial charge in [-0.1, -0.05) is 6.07 Å². The fraction of sp³-hybridized carbons (Fsp3) is 0.0526. The number of benzene rings is 2. The average molecular weight is 405 g/mol. The van der Waals surface area contributed by atoms with Crippen molar-refractivity contribution in [1.82, 2.24) is 19.9 Å². The van der Waals surface area contributed by atoms with Gasteiger partial charge in [0.05, 0.1) is 33.2 Å². The van der Waals surface area contributed by atoms with E-state index in [1.54, 1.807) is 12.1 Å². The van der Waals surface area contributed by atoms with E-state index in [0.29, 0.717) is 11.0 Å². The van der Waals surface area contributed by atoms with Gasteiger partial charge in [-0.15, -0.1) is 0 Å². The van der Waals surface area contributed by atoms with E-state index in [-0.39, 0.29) is 22.4 Å². The molecule has 0 aliphatic rings. The zero-order chi connectivity index (χ0) is 21.4. The van der Waals surface area contributed by atoms with E-state index in [4.69, 9.17) is 4.74 Å². The van der Waals surface area contributed by atoms with E-state index in [0.717, 1.165) is 11.6 Å². The lowest BCUT2D eigenvalue weighted by atomic mass is 10.2. The molecule has 11 heteroatoms. The second-order valence-electron chi connectivity index (χ2n) is 6.25. The number of carbonyl (C=O) groups excluding carboxylic acids is 1. The number of nitro groups is 1. The minimum atomic E-state index is -1.48. The molecule has 0 atom stereocenters. The first-order chi connectivity index (χ1) is 14.3. The van der Waals surface area contributed by atoms with Gasteiger partial charge in [-0.3, -0.25) is 15.1 Å². The second kappa shape index (κ2) is 7.13. The summed E-state index contributed by atoms with van der Waals surface area (Å²) in [6, 6.07) is 8.85. The summed E-state index contributed by atoms with van der Waals surface area (Å²) in [7, 11) is 0. The van der Waals surface area contributed by atoms with Gasteiger partial charge in [0, 0.05) is 12.1 Å². The number of fused-ring (bicyclic) bond motifs is 2. The number of hydrogen-bond donors (Lipinski definition) is 1. The highest BCUT2D eigenvalue weighted by Gasteiger charge is 2.22. The molecule has 4 rings (SSSR count). The summed E-state index contributed by atoms with van der Waals surface area (Å²) in [6.07, 6.45) is 1.19. The summed E-state index contributed by atoms with van der Waals surface area (Å²) < 4.78 is 5.11. The molecule has 0 unspecified atom stereocenters. The standard InChI is InChI=1S/C19H11N5O6/c1-9-2-4-11-13(6-9)21-15(8-20-11)19(27)30-17-16(18(25)26)22-12-5-3-10(24(28)29)7-14(12)23-17/h2-8H,1H3,(H,25,26). The molecular formula is C19H11N5O6. The summed E-state index contributed by atoms with van der Waals surface area (Å²) in [4.78, 5) is 50.5. The lowest BCUT2D eigenvalue weighted by Crippen LogP contribution is -2.16. The third-order valence-corrected chi connectivity index (χ3v) is 4.13.